The van der Waals surface area contributed by atoms with Crippen LogP contribution in [0, 0.1) is 0 Å². The first kappa shape index (κ1) is 17.2. The van der Waals surface area contributed by atoms with Crippen LogP contribution in [0.4, 0.5) is 18.9 Å². The predicted octanol–water partition coefficient (Wildman–Crippen LogP) is 2.41. The Balaban J connectivity index is 2.26. The average molecular weight is 353 g/mol. The number of carbonyl (C=O) groups is 2. The highest BCUT2D eigenvalue weighted by molar-refractivity contribution is 6.33. The highest BCUT2D eigenvalue weighted by atomic mass is 35.5. The van der Waals surface area contributed by atoms with Crippen LogP contribution in [-0.2, 0) is 14.3 Å². The number of benzene rings is 1. The van der Waals surface area contributed by atoms with E-state index in [0.29, 0.717) is 0 Å². The van der Waals surface area contributed by atoms with E-state index in [-0.39, 0.29) is 23.7 Å². The molecule has 1 fully saturated rings. The van der Waals surface area contributed by atoms with Crippen LogP contribution in [0.5, 0.6) is 5.75 Å². The second kappa shape index (κ2) is 6.53. The fourth-order valence-corrected chi connectivity index (χ4v) is 2.32. The van der Waals surface area contributed by atoms with Gasteiger partial charge in [0.05, 0.1) is 23.7 Å². The number of hydrogen-bond donors (Lipinski definition) is 1. The minimum absolute atomic E-state index is 0.122. The van der Waals surface area contributed by atoms with Gasteiger partial charge in [0.2, 0.25) is 5.91 Å². The molecule has 1 heterocycles. The van der Waals surface area contributed by atoms with Crippen molar-refractivity contribution in [2.45, 2.75) is 25.7 Å². The zero-order chi connectivity index (χ0) is 17.2. The van der Waals surface area contributed by atoms with Crippen LogP contribution in [0.3, 0.4) is 0 Å². The molecule has 1 aromatic carbocycles. The first-order valence-electron chi connectivity index (χ1n) is 6.52. The number of amides is 1. The largest absolute Gasteiger partial charge is 0.573 e. The maximum absolute atomic E-state index is 12.2. The number of hydrazine groups is 1. The maximum Gasteiger partial charge on any atom is 0.573 e. The Hall–Kier alpha value is -2.16. The van der Waals surface area contributed by atoms with Gasteiger partial charge in [-0.05, 0) is 19.1 Å². The minimum Gasteiger partial charge on any atom is -0.464 e. The van der Waals surface area contributed by atoms with E-state index in [0.717, 1.165) is 12.1 Å². The van der Waals surface area contributed by atoms with E-state index in [1.54, 1.807) is 6.92 Å². The maximum atomic E-state index is 12.2. The molecule has 6 nitrogen and oxygen atoms in total. The van der Waals surface area contributed by atoms with Crippen LogP contribution in [0.2, 0.25) is 5.02 Å². The number of nitrogens with zero attached hydrogens (tertiary/aromatic N) is 1. The Bertz CT molecular complexity index is 624. The van der Waals surface area contributed by atoms with Gasteiger partial charge >= 0.3 is 12.3 Å². The topological polar surface area (TPSA) is 67.9 Å². The lowest BCUT2D eigenvalue weighted by molar-refractivity contribution is -0.274. The Labute approximate surface area is 134 Å². The van der Waals surface area contributed by atoms with E-state index < -0.39 is 30.0 Å². The molecule has 0 saturated carbocycles. The zero-order valence-electron chi connectivity index (χ0n) is 11.8. The molecule has 0 radical (unpaired) electrons. The molecule has 126 valence electrons. The van der Waals surface area contributed by atoms with Gasteiger partial charge in [-0.15, -0.1) is 13.2 Å². The van der Waals surface area contributed by atoms with Gasteiger partial charge in [-0.3, -0.25) is 15.2 Å². The van der Waals surface area contributed by atoms with Gasteiger partial charge in [-0.2, -0.15) is 0 Å². The number of hydrogen-bond acceptors (Lipinski definition) is 5. The summed E-state index contributed by atoms with van der Waals surface area (Å²) in [6, 6.07) is 2.23. The molecule has 0 aliphatic carbocycles. The Morgan fingerprint density at radius 3 is 2.74 bits per heavy atom. The molecular weight excluding hydrogens is 341 g/mol. The van der Waals surface area contributed by atoms with E-state index in [1.807, 2.05) is 0 Å². The molecule has 1 unspecified atom stereocenters. The molecule has 0 spiro atoms. The summed E-state index contributed by atoms with van der Waals surface area (Å²) in [7, 11) is 0. The van der Waals surface area contributed by atoms with Crippen molar-refractivity contribution in [2.24, 2.45) is 0 Å². The van der Waals surface area contributed by atoms with Crippen molar-refractivity contribution in [1.29, 1.82) is 0 Å². The normalized spacial score (nSPS) is 17.9. The van der Waals surface area contributed by atoms with Crippen molar-refractivity contribution in [3.05, 3.63) is 23.2 Å². The van der Waals surface area contributed by atoms with Crippen molar-refractivity contribution < 1.29 is 32.2 Å². The Morgan fingerprint density at radius 1 is 1.48 bits per heavy atom. The van der Waals surface area contributed by atoms with Crippen LogP contribution in [0.15, 0.2) is 18.2 Å². The van der Waals surface area contributed by atoms with Crippen LogP contribution in [-0.4, -0.2) is 30.9 Å². The van der Waals surface area contributed by atoms with E-state index in [4.69, 9.17) is 16.3 Å². The average Bonchev–Trinajstić information content (AvgIpc) is 2.79. The summed E-state index contributed by atoms with van der Waals surface area (Å²) in [5.41, 5.74) is 2.57. The summed E-state index contributed by atoms with van der Waals surface area (Å²) in [6.07, 6.45) is -4.99. The van der Waals surface area contributed by atoms with Gasteiger partial charge in [0.25, 0.3) is 0 Å². The van der Waals surface area contributed by atoms with Gasteiger partial charge in [-0.25, -0.2) is 4.79 Å². The lowest BCUT2D eigenvalue weighted by atomic mass is 10.2. The number of ether oxygens (including phenoxy) is 2. The van der Waals surface area contributed by atoms with Crippen molar-refractivity contribution in [2.75, 3.05) is 11.6 Å². The molecule has 1 amide bonds. The van der Waals surface area contributed by atoms with Gasteiger partial charge < -0.3 is 9.47 Å². The quantitative estimate of drug-likeness (QED) is 0.843. The number of carbonyl (C=O) groups excluding carboxylic acids is 2. The third-order valence-electron chi connectivity index (χ3n) is 2.91. The van der Waals surface area contributed by atoms with E-state index in [9.17, 15) is 22.8 Å². The highest BCUT2D eigenvalue weighted by Gasteiger charge is 2.38. The second-order valence-electron chi connectivity index (χ2n) is 4.54. The lowest BCUT2D eigenvalue weighted by Crippen LogP contribution is -2.43. The van der Waals surface area contributed by atoms with Crippen LogP contribution in [0.25, 0.3) is 0 Å². The van der Waals surface area contributed by atoms with Gasteiger partial charge in [0.15, 0.2) is 6.04 Å². The van der Waals surface area contributed by atoms with Crippen LogP contribution < -0.4 is 15.2 Å². The van der Waals surface area contributed by atoms with Gasteiger partial charge in [-0.1, -0.05) is 11.6 Å². The van der Waals surface area contributed by atoms with E-state index in [2.05, 4.69) is 10.2 Å². The summed E-state index contributed by atoms with van der Waals surface area (Å²) in [4.78, 5) is 23.4. The van der Waals surface area contributed by atoms with Crippen molar-refractivity contribution in [3.8, 4) is 5.75 Å². The molecular formula is C13H12ClF3N2O4. The lowest BCUT2D eigenvalue weighted by Gasteiger charge is -2.25. The van der Waals surface area contributed by atoms with Crippen molar-refractivity contribution >= 4 is 29.2 Å². The predicted molar refractivity (Wildman–Crippen MR) is 73.8 cm³/mol. The summed E-state index contributed by atoms with van der Waals surface area (Å²) >= 11 is 5.94. The molecule has 1 aliphatic heterocycles. The molecule has 0 aromatic heterocycles. The minimum atomic E-state index is -4.85. The van der Waals surface area contributed by atoms with Gasteiger partial charge in [0, 0.05) is 6.07 Å². The number of halogens is 4. The molecule has 10 heteroatoms. The Morgan fingerprint density at radius 2 is 2.17 bits per heavy atom. The number of nitrogens with one attached hydrogen (secondary N) is 1. The Kier molecular flexibility index (Phi) is 4.88. The standard InChI is InChI=1S/C13H12ClF3N2O4/c1-2-22-12(21)10-6-11(20)18-19(10)9-4-3-7(5-8(9)14)23-13(15,16)17/h3-5,10H,2,6H2,1H3,(H,18,20). The van der Waals surface area contributed by atoms with Crippen LogP contribution >= 0.6 is 11.6 Å². The number of esters is 1. The highest BCUT2D eigenvalue weighted by Crippen LogP contribution is 2.34. The van der Waals surface area contributed by atoms with Crippen LogP contribution in [0.1, 0.15) is 13.3 Å². The first-order valence-corrected chi connectivity index (χ1v) is 6.89. The smallest absolute Gasteiger partial charge is 0.464 e. The van der Waals surface area contributed by atoms with Gasteiger partial charge in [0.1, 0.15) is 5.75 Å². The first-order chi connectivity index (χ1) is 10.7. The monoisotopic (exact) mass is 352 g/mol. The third-order valence-corrected chi connectivity index (χ3v) is 3.21. The van der Waals surface area contributed by atoms with E-state index in [1.165, 1.54) is 11.1 Å². The summed E-state index contributed by atoms with van der Waals surface area (Å²) in [6.45, 7) is 1.74. The molecule has 23 heavy (non-hydrogen) atoms. The molecule has 1 aromatic rings. The number of rotatable bonds is 4. The fourth-order valence-electron chi connectivity index (χ4n) is 2.06. The molecule has 0 bridgehead atoms. The zero-order valence-corrected chi connectivity index (χ0v) is 12.6. The van der Waals surface area contributed by atoms with Crippen molar-refractivity contribution in [3.63, 3.8) is 0 Å². The molecule has 1 aliphatic rings. The summed E-state index contributed by atoms with van der Waals surface area (Å²) in [5.74, 6) is -1.59. The molecule has 2 rings (SSSR count). The number of anilines is 1. The molecule has 1 atom stereocenters. The van der Waals surface area contributed by atoms with E-state index >= 15 is 0 Å². The third kappa shape index (κ3) is 4.19. The SMILES string of the molecule is CCOC(=O)C1CC(=O)NN1c1ccc(OC(F)(F)F)cc1Cl. The molecule has 1 N–H and O–H groups in total. The molecule has 1 saturated heterocycles. The summed E-state index contributed by atoms with van der Waals surface area (Å²) < 4.78 is 45.2. The van der Waals surface area contributed by atoms with Crippen molar-refractivity contribution in [1.82, 2.24) is 5.43 Å². The summed E-state index contributed by atoms with van der Waals surface area (Å²) in [5, 5.41) is 1.04. The second-order valence-corrected chi connectivity index (χ2v) is 4.95. The number of alkyl halides is 3. The fraction of sp³-hybridized carbons (Fsp3) is 0.385.